The molecule has 0 saturated heterocycles. The van der Waals surface area contributed by atoms with Gasteiger partial charge in [-0.05, 0) is 12.8 Å². The largest absolute Gasteiger partial charge is 0.390 e. The highest BCUT2D eigenvalue weighted by Crippen LogP contribution is 2.42. The first-order chi connectivity index (χ1) is 10.2. The predicted molar refractivity (Wildman–Crippen MR) is 97.4 cm³/mol. The van der Waals surface area contributed by atoms with Crippen molar-refractivity contribution in [3.05, 3.63) is 0 Å². The van der Waals surface area contributed by atoms with Gasteiger partial charge in [-0.3, -0.25) is 4.99 Å². The van der Waals surface area contributed by atoms with Gasteiger partial charge in [-0.25, -0.2) is 0 Å². The van der Waals surface area contributed by atoms with Gasteiger partial charge in [0, 0.05) is 31.7 Å². The maximum Gasteiger partial charge on any atom is 0.390 e. The zero-order valence-electron chi connectivity index (χ0n) is 14.3. The van der Waals surface area contributed by atoms with Crippen molar-refractivity contribution in [3.63, 3.8) is 0 Å². The van der Waals surface area contributed by atoms with E-state index in [9.17, 15) is 13.2 Å². The second-order valence-electron chi connectivity index (χ2n) is 6.33. The zero-order chi connectivity index (χ0) is 16.8. The van der Waals surface area contributed by atoms with Crippen LogP contribution >= 0.6 is 24.0 Å². The molecule has 1 aliphatic rings. The van der Waals surface area contributed by atoms with E-state index in [0.717, 1.165) is 25.9 Å². The lowest BCUT2D eigenvalue weighted by molar-refractivity contribution is -0.132. The summed E-state index contributed by atoms with van der Waals surface area (Å²) in [6, 6.07) is 0.149. The molecule has 0 aromatic rings. The van der Waals surface area contributed by atoms with Gasteiger partial charge in [0.25, 0.3) is 0 Å². The molecule has 0 aromatic heterocycles. The van der Waals surface area contributed by atoms with Gasteiger partial charge < -0.3 is 15.4 Å². The van der Waals surface area contributed by atoms with Crippen molar-refractivity contribution < 1.29 is 17.9 Å². The van der Waals surface area contributed by atoms with E-state index in [1.165, 1.54) is 0 Å². The molecule has 2 unspecified atom stereocenters. The summed E-state index contributed by atoms with van der Waals surface area (Å²) in [5, 5.41) is 5.90. The molecule has 138 valence electrons. The first-order valence-electron chi connectivity index (χ1n) is 7.86. The number of unbranched alkanes of at least 4 members (excludes halogenated alkanes) is 1. The highest BCUT2D eigenvalue weighted by atomic mass is 127. The normalized spacial score (nSPS) is 23.7. The van der Waals surface area contributed by atoms with Crippen molar-refractivity contribution >= 4 is 29.9 Å². The molecule has 1 saturated carbocycles. The van der Waals surface area contributed by atoms with E-state index in [0.29, 0.717) is 5.96 Å². The van der Waals surface area contributed by atoms with Gasteiger partial charge in [-0.2, -0.15) is 13.2 Å². The molecule has 8 heteroatoms. The monoisotopic (exact) mass is 451 g/mol. The van der Waals surface area contributed by atoms with E-state index in [-0.39, 0.29) is 48.1 Å². The number of aliphatic imine (C=N–C) groups is 1. The molecule has 0 heterocycles. The molecule has 0 spiro atoms. The second kappa shape index (κ2) is 9.90. The fraction of sp³-hybridized carbons (Fsp3) is 0.933. The van der Waals surface area contributed by atoms with E-state index in [1.54, 1.807) is 7.05 Å². The van der Waals surface area contributed by atoms with E-state index in [2.05, 4.69) is 36.4 Å². The van der Waals surface area contributed by atoms with Crippen LogP contribution < -0.4 is 10.6 Å². The number of ether oxygens (including phenoxy) is 1. The molecule has 2 atom stereocenters. The van der Waals surface area contributed by atoms with Gasteiger partial charge in [-0.1, -0.05) is 27.2 Å². The van der Waals surface area contributed by atoms with Crippen LogP contribution in [0.1, 0.15) is 46.5 Å². The summed E-state index contributed by atoms with van der Waals surface area (Å²) in [6.45, 7) is 6.92. The highest BCUT2D eigenvalue weighted by molar-refractivity contribution is 14.0. The molecule has 23 heavy (non-hydrogen) atoms. The van der Waals surface area contributed by atoms with Crippen molar-refractivity contribution in [1.82, 2.24) is 10.6 Å². The van der Waals surface area contributed by atoms with Gasteiger partial charge in [0.2, 0.25) is 0 Å². The number of alkyl halides is 3. The summed E-state index contributed by atoms with van der Waals surface area (Å²) in [5.41, 5.74) is -0.0601. The SMILES string of the molecule is CCCCOC1CC(NC(=NC)NCCC(F)(F)F)C1(C)C.I. The minimum Gasteiger partial charge on any atom is -0.378 e. The number of guanidine groups is 1. The van der Waals surface area contributed by atoms with Gasteiger partial charge in [0.15, 0.2) is 5.96 Å². The topological polar surface area (TPSA) is 45.6 Å². The standard InChI is InChI=1S/C15H28F3N3O.HI/c1-5-6-9-22-12-10-11(14(12,2)3)21-13(19-4)20-8-7-15(16,17)18;/h11-12H,5-10H2,1-4H3,(H2,19,20,21);1H. The lowest BCUT2D eigenvalue weighted by Gasteiger charge is -2.52. The highest BCUT2D eigenvalue weighted by Gasteiger charge is 2.49. The summed E-state index contributed by atoms with van der Waals surface area (Å²) in [7, 11) is 1.56. The van der Waals surface area contributed by atoms with Crippen molar-refractivity contribution in [2.75, 3.05) is 20.2 Å². The van der Waals surface area contributed by atoms with Gasteiger partial charge in [-0.15, -0.1) is 24.0 Å². The third kappa shape index (κ3) is 7.45. The molecule has 0 bridgehead atoms. The molecule has 1 fully saturated rings. The lowest BCUT2D eigenvalue weighted by Crippen LogP contribution is -2.63. The minimum absolute atomic E-state index is 0. The Morgan fingerprint density at radius 3 is 2.48 bits per heavy atom. The average molecular weight is 451 g/mol. The molecule has 1 rings (SSSR count). The Balaban J connectivity index is 0.00000484. The van der Waals surface area contributed by atoms with Crippen LogP contribution in [0.15, 0.2) is 4.99 Å². The molecule has 0 aromatic carbocycles. The van der Waals surface area contributed by atoms with Crippen molar-refractivity contribution in [1.29, 1.82) is 0 Å². The van der Waals surface area contributed by atoms with Crippen LogP contribution in [0.4, 0.5) is 13.2 Å². The number of hydrogen-bond donors (Lipinski definition) is 2. The van der Waals surface area contributed by atoms with Crippen LogP contribution in [0, 0.1) is 5.41 Å². The first kappa shape index (κ1) is 22.8. The third-order valence-corrected chi connectivity index (χ3v) is 4.23. The maximum absolute atomic E-state index is 12.2. The van der Waals surface area contributed by atoms with E-state index >= 15 is 0 Å². The Morgan fingerprint density at radius 2 is 2.00 bits per heavy atom. The van der Waals surface area contributed by atoms with Crippen LogP contribution in [0.3, 0.4) is 0 Å². The first-order valence-corrected chi connectivity index (χ1v) is 7.86. The lowest BCUT2D eigenvalue weighted by atomic mass is 9.64. The smallest absolute Gasteiger partial charge is 0.378 e. The van der Waals surface area contributed by atoms with E-state index < -0.39 is 12.6 Å². The molecule has 2 N–H and O–H groups in total. The number of halogens is 4. The predicted octanol–water partition coefficient (Wildman–Crippen LogP) is 3.71. The fourth-order valence-corrected chi connectivity index (χ4v) is 2.47. The Kier molecular flexibility index (Phi) is 9.80. The number of hydrogen-bond acceptors (Lipinski definition) is 2. The van der Waals surface area contributed by atoms with Crippen LogP contribution in [-0.2, 0) is 4.74 Å². The maximum atomic E-state index is 12.2. The molecule has 0 radical (unpaired) electrons. The summed E-state index contributed by atoms with van der Waals surface area (Å²) in [6.07, 6.45) is -1.85. The Bertz CT molecular complexity index is 375. The van der Waals surface area contributed by atoms with Crippen LogP contribution in [0.5, 0.6) is 0 Å². The van der Waals surface area contributed by atoms with Gasteiger partial charge in [0.1, 0.15) is 0 Å². The summed E-state index contributed by atoms with van der Waals surface area (Å²) in [4.78, 5) is 3.98. The number of rotatable bonds is 7. The summed E-state index contributed by atoms with van der Waals surface area (Å²) in [5.74, 6) is 0.411. The van der Waals surface area contributed by atoms with Crippen molar-refractivity contribution in [2.24, 2.45) is 10.4 Å². The fourth-order valence-electron chi connectivity index (χ4n) is 2.47. The average Bonchev–Trinajstić information content (AvgIpc) is 2.42. The number of nitrogens with one attached hydrogen (secondary N) is 2. The van der Waals surface area contributed by atoms with Gasteiger partial charge >= 0.3 is 6.18 Å². The Hall–Kier alpha value is -0.250. The zero-order valence-corrected chi connectivity index (χ0v) is 16.6. The molecular weight excluding hydrogens is 422 g/mol. The van der Waals surface area contributed by atoms with Crippen molar-refractivity contribution in [3.8, 4) is 0 Å². The Labute approximate surface area is 154 Å². The second-order valence-corrected chi connectivity index (χ2v) is 6.33. The molecule has 1 aliphatic carbocycles. The summed E-state index contributed by atoms with van der Waals surface area (Å²) >= 11 is 0. The molecule has 4 nitrogen and oxygen atoms in total. The van der Waals surface area contributed by atoms with Crippen LogP contribution in [0.2, 0.25) is 0 Å². The quantitative estimate of drug-likeness (QED) is 0.269. The number of nitrogens with zero attached hydrogens (tertiary/aromatic N) is 1. The van der Waals surface area contributed by atoms with E-state index in [1.807, 2.05) is 0 Å². The molecule has 0 amide bonds. The molecular formula is C15H29F3IN3O. The summed E-state index contributed by atoms with van der Waals surface area (Å²) < 4.78 is 42.3. The minimum atomic E-state index is -4.15. The van der Waals surface area contributed by atoms with E-state index in [4.69, 9.17) is 4.74 Å². The van der Waals surface area contributed by atoms with Gasteiger partial charge in [0.05, 0.1) is 12.5 Å². The van der Waals surface area contributed by atoms with Crippen LogP contribution in [0.25, 0.3) is 0 Å². The Morgan fingerprint density at radius 1 is 1.35 bits per heavy atom. The molecule has 0 aliphatic heterocycles. The van der Waals surface area contributed by atoms with Crippen LogP contribution in [-0.4, -0.2) is 44.5 Å². The third-order valence-electron chi connectivity index (χ3n) is 4.23. The van der Waals surface area contributed by atoms with Crippen molar-refractivity contribution in [2.45, 2.75) is 64.8 Å².